The van der Waals surface area contributed by atoms with Gasteiger partial charge in [-0.15, -0.1) is 0 Å². The van der Waals surface area contributed by atoms with Gasteiger partial charge < -0.3 is 14.4 Å². The molecular weight excluding hydrogens is 324 g/mol. The van der Waals surface area contributed by atoms with Gasteiger partial charge in [-0.05, 0) is 25.7 Å². The number of hydrogen-bond donors (Lipinski definition) is 0. The fourth-order valence-corrected chi connectivity index (χ4v) is 2.88. The highest BCUT2D eigenvalue weighted by atomic mass is 16.6. The largest absolute Gasteiger partial charge is 0.449 e. The number of cyclic esters (lactones) is 2. The van der Waals surface area contributed by atoms with Gasteiger partial charge in [0, 0.05) is 19.6 Å². The third-order valence-electron chi connectivity index (χ3n) is 4.44. The Kier molecular flexibility index (Phi) is 5.62. The van der Waals surface area contributed by atoms with Crippen molar-refractivity contribution in [2.45, 2.75) is 19.7 Å². The van der Waals surface area contributed by atoms with Crippen molar-refractivity contribution in [1.29, 1.82) is 0 Å². The summed E-state index contributed by atoms with van der Waals surface area (Å²) in [5.74, 6) is -0.443. The first kappa shape index (κ1) is 17.8. The average Bonchev–Trinajstić information content (AvgIpc) is 3.18. The Labute approximate surface area is 147 Å². The lowest BCUT2D eigenvalue weighted by Crippen LogP contribution is -2.34. The van der Waals surface area contributed by atoms with Crippen molar-refractivity contribution in [3.63, 3.8) is 0 Å². The number of nitrogens with zero attached hydrogens (tertiary/aromatic N) is 4. The molecule has 3 heterocycles. The van der Waals surface area contributed by atoms with Crippen molar-refractivity contribution in [3.8, 4) is 0 Å². The van der Waals surface area contributed by atoms with Crippen molar-refractivity contribution in [2.75, 3.05) is 46.5 Å². The summed E-state index contributed by atoms with van der Waals surface area (Å²) in [5.41, 5.74) is 1.54. The van der Waals surface area contributed by atoms with E-state index < -0.39 is 6.23 Å². The summed E-state index contributed by atoms with van der Waals surface area (Å²) >= 11 is 0. The summed E-state index contributed by atoms with van der Waals surface area (Å²) in [6.07, 6.45) is -0.450. The minimum Gasteiger partial charge on any atom is -0.449 e. The smallest absolute Gasteiger partial charge is 0.322 e. The molecule has 2 saturated heterocycles. The Bertz CT molecular complexity index is 639. The van der Waals surface area contributed by atoms with E-state index >= 15 is 0 Å². The number of pyridine rings is 1. The summed E-state index contributed by atoms with van der Waals surface area (Å²) < 4.78 is 10.4. The topological polar surface area (TPSA) is 75.2 Å². The zero-order valence-corrected chi connectivity index (χ0v) is 14.7. The second-order valence-corrected chi connectivity index (χ2v) is 6.39. The number of ether oxygens (including phenoxy) is 2. The number of aromatic nitrogens is 1. The first-order valence-corrected chi connectivity index (χ1v) is 8.51. The molecule has 2 aliphatic rings. The highest BCUT2D eigenvalue weighted by Crippen LogP contribution is 2.26. The number of likely N-dealkylation sites (N-methyl/N-ethyl adjacent to an activating group) is 1. The number of rotatable bonds is 7. The van der Waals surface area contributed by atoms with Crippen LogP contribution in [0.2, 0.25) is 0 Å². The van der Waals surface area contributed by atoms with Gasteiger partial charge in [-0.25, -0.2) is 0 Å². The quantitative estimate of drug-likeness (QED) is 0.647. The van der Waals surface area contributed by atoms with Crippen molar-refractivity contribution in [1.82, 2.24) is 19.7 Å². The molecule has 136 valence electrons. The molecule has 8 heteroatoms. The van der Waals surface area contributed by atoms with E-state index in [1.54, 1.807) is 0 Å². The van der Waals surface area contributed by atoms with Crippen LogP contribution in [-0.2, 0) is 25.6 Å². The molecule has 1 atom stereocenters. The second kappa shape index (κ2) is 7.90. The van der Waals surface area contributed by atoms with E-state index in [2.05, 4.69) is 16.8 Å². The predicted octanol–water partition coefficient (Wildman–Crippen LogP) is 0.207. The molecule has 1 aromatic rings. The van der Waals surface area contributed by atoms with Gasteiger partial charge in [-0.1, -0.05) is 13.0 Å². The molecule has 1 aromatic heterocycles. The van der Waals surface area contributed by atoms with Gasteiger partial charge in [-0.3, -0.25) is 24.4 Å². The Hall–Kier alpha value is -2.03. The fraction of sp³-hybridized carbons (Fsp3) is 0.588. The number of hydrogen-bond acceptors (Lipinski definition) is 8. The first-order valence-electron chi connectivity index (χ1n) is 8.51. The Balaban J connectivity index is 1.67. The van der Waals surface area contributed by atoms with E-state index in [9.17, 15) is 9.59 Å². The van der Waals surface area contributed by atoms with Crippen LogP contribution in [0.25, 0.3) is 0 Å². The lowest BCUT2D eigenvalue weighted by molar-refractivity contribution is -0.142. The lowest BCUT2D eigenvalue weighted by atomic mass is 10.2. The van der Waals surface area contributed by atoms with Crippen LogP contribution >= 0.6 is 0 Å². The van der Waals surface area contributed by atoms with Crippen molar-refractivity contribution in [3.05, 3.63) is 29.6 Å². The van der Waals surface area contributed by atoms with E-state index in [-0.39, 0.29) is 25.0 Å². The molecule has 8 nitrogen and oxygen atoms in total. The van der Waals surface area contributed by atoms with Crippen LogP contribution in [0.3, 0.4) is 0 Å². The monoisotopic (exact) mass is 348 g/mol. The zero-order chi connectivity index (χ0) is 17.8. The molecule has 25 heavy (non-hydrogen) atoms. The molecule has 0 radical (unpaired) electrons. The summed E-state index contributed by atoms with van der Waals surface area (Å²) in [4.78, 5) is 33.7. The number of esters is 2. The van der Waals surface area contributed by atoms with Gasteiger partial charge in [0.2, 0.25) is 0 Å². The van der Waals surface area contributed by atoms with E-state index in [0.29, 0.717) is 19.0 Å². The minimum atomic E-state index is -0.450. The number of carbonyl (C=O) groups is 2. The Morgan fingerprint density at radius 1 is 1.28 bits per heavy atom. The van der Waals surface area contributed by atoms with Gasteiger partial charge >= 0.3 is 11.9 Å². The van der Waals surface area contributed by atoms with Crippen LogP contribution in [0.1, 0.15) is 24.5 Å². The van der Waals surface area contributed by atoms with E-state index in [0.717, 1.165) is 25.3 Å². The molecule has 0 aromatic carbocycles. The highest BCUT2D eigenvalue weighted by molar-refractivity contribution is 5.74. The van der Waals surface area contributed by atoms with Crippen LogP contribution in [0.15, 0.2) is 18.2 Å². The molecule has 0 aliphatic carbocycles. The van der Waals surface area contributed by atoms with Gasteiger partial charge in [0.15, 0.2) is 6.23 Å². The Morgan fingerprint density at radius 2 is 2.12 bits per heavy atom. The second-order valence-electron chi connectivity index (χ2n) is 6.39. The number of carbonyl (C=O) groups excluding carboxylic acids is 2. The van der Waals surface area contributed by atoms with Crippen LogP contribution in [0, 0.1) is 0 Å². The van der Waals surface area contributed by atoms with Crippen molar-refractivity contribution < 1.29 is 19.1 Å². The molecule has 2 aliphatic heterocycles. The molecule has 1 unspecified atom stereocenters. The molecule has 0 bridgehead atoms. The van der Waals surface area contributed by atoms with Crippen molar-refractivity contribution >= 4 is 11.9 Å². The van der Waals surface area contributed by atoms with Gasteiger partial charge in [0.25, 0.3) is 0 Å². The molecule has 0 N–H and O–H groups in total. The van der Waals surface area contributed by atoms with Crippen LogP contribution in [0.5, 0.6) is 0 Å². The summed E-state index contributed by atoms with van der Waals surface area (Å²) in [6.45, 7) is 6.02. The van der Waals surface area contributed by atoms with Crippen molar-refractivity contribution in [2.24, 2.45) is 0 Å². The predicted molar refractivity (Wildman–Crippen MR) is 89.2 cm³/mol. The standard InChI is InChI=1S/C17H24N4O4/c1-3-19(2)7-8-21-11-16(23)25-17(21)14-6-4-5-13(18-14)9-20-10-15(22)24-12-20/h4-6,17H,3,7-12H2,1-2H3. The summed E-state index contributed by atoms with van der Waals surface area (Å²) in [5, 5.41) is 0. The third kappa shape index (κ3) is 4.53. The maximum Gasteiger partial charge on any atom is 0.322 e. The van der Waals surface area contributed by atoms with Gasteiger partial charge in [0.1, 0.15) is 13.3 Å². The lowest BCUT2D eigenvalue weighted by Gasteiger charge is -2.24. The van der Waals surface area contributed by atoms with Crippen LogP contribution in [0.4, 0.5) is 0 Å². The molecular formula is C17H24N4O4. The third-order valence-corrected chi connectivity index (χ3v) is 4.44. The first-order chi connectivity index (χ1) is 12.0. The Morgan fingerprint density at radius 3 is 2.84 bits per heavy atom. The van der Waals surface area contributed by atoms with Gasteiger partial charge in [-0.2, -0.15) is 0 Å². The van der Waals surface area contributed by atoms with Gasteiger partial charge in [0.05, 0.1) is 17.9 Å². The molecule has 0 spiro atoms. The maximum absolute atomic E-state index is 11.8. The average molecular weight is 348 g/mol. The highest BCUT2D eigenvalue weighted by Gasteiger charge is 2.34. The SMILES string of the molecule is CCN(C)CCN1CC(=O)OC1c1cccc(CN2COC(=O)C2)n1. The zero-order valence-electron chi connectivity index (χ0n) is 14.7. The van der Waals surface area contributed by atoms with Crippen LogP contribution in [-0.4, -0.2) is 78.1 Å². The van der Waals surface area contributed by atoms with E-state index in [1.165, 1.54) is 0 Å². The van der Waals surface area contributed by atoms with E-state index in [4.69, 9.17) is 9.47 Å². The molecule has 3 rings (SSSR count). The minimum absolute atomic E-state index is 0.216. The molecule has 0 amide bonds. The molecule has 2 fully saturated rings. The maximum atomic E-state index is 11.8. The molecule has 0 saturated carbocycles. The van der Waals surface area contributed by atoms with Crippen LogP contribution < -0.4 is 0 Å². The fourth-order valence-electron chi connectivity index (χ4n) is 2.88. The summed E-state index contributed by atoms with van der Waals surface area (Å²) in [7, 11) is 2.05. The summed E-state index contributed by atoms with van der Waals surface area (Å²) in [6, 6.07) is 5.67. The normalized spacial score (nSPS) is 21.8. The van der Waals surface area contributed by atoms with E-state index in [1.807, 2.05) is 35.0 Å².